The van der Waals surface area contributed by atoms with Crippen LogP contribution in [-0.2, 0) is 46.4 Å². The molecule has 1 rings (SSSR count). The summed E-state index contributed by atoms with van der Waals surface area (Å²) in [6.07, 6.45) is -2.59. The highest BCUT2D eigenvalue weighted by molar-refractivity contribution is 6.60. The van der Waals surface area contributed by atoms with Crippen molar-refractivity contribution in [3.05, 3.63) is 30.1 Å². The summed E-state index contributed by atoms with van der Waals surface area (Å²) in [4.78, 5) is 16.4. The third-order valence-corrected chi connectivity index (χ3v) is 7.59. The van der Waals surface area contributed by atoms with Crippen LogP contribution in [0.2, 0.25) is 6.04 Å². The summed E-state index contributed by atoms with van der Waals surface area (Å²) in [6, 6.07) is 5.02. The number of hydrogen-bond acceptors (Lipinski definition) is 12. The summed E-state index contributed by atoms with van der Waals surface area (Å²) in [6.45, 7) is 10.1. The van der Waals surface area contributed by atoms with Crippen LogP contribution in [0, 0.1) is 0 Å². The van der Waals surface area contributed by atoms with Gasteiger partial charge in [0.05, 0.1) is 12.7 Å². The first-order chi connectivity index (χ1) is 17.0. The normalized spacial score (nSPS) is 18.5. The highest BCUT2D eigenvalue weighted by Gasteiger charge is 2.47. The second-order valence-corrected chi connectivity index (χ2v) is 10.2. The molecule has 0 aromatic carbocycles. The fourth-order valence-corrected chi connectivity index (χ4v) is 5.46. The second-order valence-electron chi connectivity index (χ2n) is 7.66. The van der Waals surface area contributed by atoms with Crippen LogP contribution in [-0.4, -0.2) is 85.4 Å². The lowest BCUT2D eigenvalue weighted by Crippen LogP contribution is -2.54. The molecule has 0 aliphatic carbocycles. The maximum atomic E-state index is 12.4. The van der Waals surface area contributed by atoms with E-state index in [1.165, 1.54) is 27.5 Å². The topological polar surface area (TPSA) is 122 Å². The number of carbonyl (C=O) groups excluding carboxylic acids is 1. The van der Waals surface area contributed by atoms with Crippen molar-refractivity contribution in [3.63, 3.8) is 0 Å². The third-order valence-electron chi connectivity index (χ3n) is 4.70. The van der Waals surface area contributed by atoms with Crippen LogP contribution in [0.4, 0.5) is 0 Å². The first-order valence-electron chi connectivity index (χ1n) is 11.7. The van der Waals surface area contributed by atoms with Gasteiger partial charge in [0.15, 0.2) is 37.7 Å². The van der Waals surface area contributed by atoms with Crippen molar-refractivity contribution < 1.29 is 51.2 Å². The Morgan fingerprint density at radius 2 is 1.19 bits per heavy atom. The molecule has 0 fully saturated rings. The molecule has 0 aliphatic heterocycles. The van der Waals surface area contributed by atoms with E-state index in [0.717, 1.165) is 0 Å². The minimum absolute atomic E-state index is 0.0603. The Labute approximate surface area is 214 Å². The molecule has 0 amide bonds. The predicted octanol–water partition coefficient (Wildman–Crippen LogP) is 3.29. The zero-order chi connectivity index (χ0) is 27.1. The van der Waals surface area contributed by atoms with E-state index >= 15 is 0 Å². The van der Waals surface area contributed by atoms with Gasteiger partial charge in [-0.05, 0) is 53.7 Å². The molecule has 0 N–H and O–H groups in total. The Balaban J connectivity index is 3.13. The molecule has 6 unspecified atom stereocenters. The Hall–Kier alpha value is -1.52. The number of hydrogen-bond donors (Lipinski definition) is 0. The van der Waals surface area contributed by atoms with E-state index in [4.69, 9.17) is 46.4 Å². The van der Waals surface area contributed by atoms with E-state index in [2.05, 4.69) is 4.98 Å². The lowest BCUT2D eigenvalue weighted by molar-refractivity contribution is -0.252. The van der Waals surface area contributed by atoms with E-state index in [1.807, 2.05) is 0 Å². The average molecular weight is 536 g/mol. The van der Waals surface area contributed by atoms with Gasteiger partial charge in [-0.25, -0.2) is 9.78 Å². The summed E-state index contributed by atoms with van der Waals surface area (Å²) in [5.41, 5.74) is 0.175. The average Bonchev–Trinajstić information content (AvgIpc) is 2.83. The van der Waals surface area contributed by atoms with Gasteiger partial charge in [0.1, 0.15) is 5.69 Å². The maximum absolute atomic E-state index is 12.4. The Bertz CT molecular complexity index is 679. The molecule has 36 heavy (non-hydrogen) atoms. The lowest BCUT2D eigenvalue weighted by Gasteiger charge is -2.36. The minimum Gasteiger partial charge on any atom is -0.461 e. The zero-order valence-corrected chi connectivity index (χ0v) is 23.6. The number of nitrogens with zero attached hydrogens (tertiary/aromatic N) is 1. The van der Waals surface area contributed by atoms with Gasteiger partial charge in [-0.3, -0.25) is 0 Å². The fraction of sp³-hybridized carbons (Fsp3) is 0.739. The molecule has 0 spiro atoms. The SMILES string of the molecule is COC(C)OC(C)O[Si](CCOC(=O)c1ccccn1)(OC(C)OC(C)OC)OC(C)OC(C)OC. The monoisotopic (exact) mass is 535 g/mol. The number of ether oxygens (including phenoxy) is 7. The largest absolute Gasteiger partial charge is 0.510 e. The van der Waals surface area contributed by atoms with Crippen LogP contribution >= 0.6 is 0 Å². The summed E-state index contributed by atoms with van der Waals surface area (Å²) >= 11 is 0. The van der Waals surface area contributed by atoms with E-state index in [1.54, 1.807) is 59.7 Å². The zero-order valence-electron chi connectivity index (χ0n) is 22.6. The van der Waals surface area contributed by atoms with Crippen molar-refractivity contribution >= 4 is 14.8 Å². The first-order valence-corrected chi connectivity index (χ1v) is 13.6. The summed E-state index contributed by atoms with van der Waals surface area (Å²) in [7, 11) is 0.800. The van der Waals surface area contributed by atoms with E-state index in [-0.39, 0.29) is 18.3 Å². The van der Waals surface area contributed by atoms with Crippen molar-refractivity contribution in [2.24, 2.45) is 0 Å². The second kappa shape index (κ2) is 17.1. The highest BCUT2D eigenvalue weighted by Crippen LogP contribution is 2.25. The van der Waals surface area contributed by atoms with Crippen LogP contribution in [0.15, 0.2) is 24.4 Å². The van der Waals surface area contributed by atoms with Crippen LogP contribution < -0.4 is 0 Å². The first kappa shape index (κ1) is 32.5. The molecule has 0 aliphatic rings. The van der Waals surface area contributed by atoms with Crippen LogP contribution in [0.25, 0.3) is 0 Å². The molecule has 1 aromatic heterocycles. The van der Waals surface area contributed by atoms with Gasteiger partial charge in [0.25, 0.3) is 0 Å². The molecule has 0 radical (unpaired) electrons. The summed E-state index contributed by atoms with van der Waals surface area (Å²) in [5, 5.41) is 0. The molecule has 208 valence electrons. The van der Waals surface area contributed by atoms with Crippen molar-refractivity contribution in [1.29, 1.82) is 0 Å². The summed E-state index contributed by atoms with van der Waals surface area (Å²) in [5.74, 6) is -0.592. The third kappa shape index (κ3) is 12.6. The number of pyridine rings is 1. The van der Waals surface area contributed by atoms with Crippen molar-refractivity contribution in [2.75, 3.05) is 27.9 Å². The molecule has 1 heterocycles. The molecule has 6 atom stereocenters. The molecular formula is C23H41NO11Si. The standard InChI is InChI=1S/C23H41NO11Si/c1-16(26-7)30-19(4)33-36(34-20(5)31-17(2)27-8,35-21(6)32-18(3)28-9)15-14-29-23(25)22-12-10-11-13-24-22/h10-13,16-21H,14-15H2,1-9H3. The number of methoxy groups -OCH3 is 3. The number of rotatable bonds is 19. The van der Waals surface area contributed by atoms with Gasteiger partial charge >= 0.3 is 14.8 Å². The van der Waals surface area contributed by atoms with Gasteiger partial charge in [-0.1, -0.05) is 6.07 Å². The fourth-order valence-electron chi connectivity index (χ4n) is 2.90. The van der Waals surface area contributed by atoms with Crippen LogP contribution in [0.3, 0.4) is 0 Å². The van der Waals surface area contributed by atoms with E-state index in [0.29, 0.717) is 0 Å². The van der Waals surface area contributed by atoms with Crippen LogP contribution in [0.1, 0.15) is 52.0 Å². The van der Waals surface area contributed by atoms with E-state index < -0.39 is 52.5 Å². The Morgan fingerprint density at radius 3 is 1.56 bits per heavy atom. The van der Waals surface area contributed by atoms with Gasteiger partial charge in [0, 0.05) is 27.5 Å². The number of aromatic nitrogens is 1. The van der Waals surface area contributed by atoms with Crippen LogP contribution in [0.5, 0.6) is 0 Å². The highest BCUT2D eigenvalue weighted by atomic mass is 28.4. The Morgan fingerprint density at radius 1 is 0.750 bits per heavy atom. The molecular weight excluding hydrogens is 494 g/mol. The molecule has 0 saturated carbocycles. The lowest BCUT2D eigenvalue weighted by atomic mass is 10.4. The predicted molar refractivity (Wildman–Crippen MR) is 129 cm³/mol. The van der Waals surface area contributed by atoms with Gasteiger partial charge in [-0.15, -0.1) is 0 Å². The maximum Gasteiger partial charge on any atom is 0.510 e. The van der Waals surface area contributed by atoms with Crippen molar-refractivity contribution in [2.45, 2.75) is 85.3 Å². The number of carbonyl (C=O) groups is 1. The van der Waals surface area contributed by atoms with Crippen molar-refractivity contribution in [3.8, 4) is 0 Å². The molecule has 1 aromatic rings. The van der Waals surface area contributed by atoms with Gasteiger partial charge < -0.3 is 46.4 Å². The van der Waals surface area contributed by atoms with E-state index in [9.17, 15) is 4.79 Å². The molecule has 13 heteroatoms. The molecule has 12 nitrogen and oxygen atoms in total. The quantitative estimate of drug-likeness (QED) is 0.147. The molecule has 0 saturated heterocycles. The minimum atomic E-state index is -3.73. The Kier molecular flexibility index (Phi) is 15.4. The van der Waals surface area contributed by atoms with Crippen molar-refractivity contribution in [1.82, 2.24) is 4.98 Å². The molecule has 0 bridgehead atoms. The smallest absolute Gasteiger partial charge is 0.461 e. The van der Waals surface area contributed by atoms with Gasteiger partial charge in [-0.2, -0.15) is 0 Å². The number of esters is 1. The summed E-state index contributed by atoms with van der Waals surface area (Å²) < 4.78 is 56.7. The van der Waals surface area contributed by atoms with Gasteiger partial charge in [0.2, 0.25) is 0 Å².